The van der Waals surface area contributed by atoms with Crippen LogP contribution in [0.25, 0.3) is 6.08 Å². The van der Waals surface area contributed by atoms with Gasteiger partial charge in [0.05, 0.1) is 5.69 Å². The molecule has 1 saturated heterocycles. The summed E-state index contributed by atoms with van der Waals surface area (Å²) in [5.74, 6) is -1.81. The Balaban J connectivity index is 1.91. The SMILES string of the molecule is NC(=O)COc1cccc(/C=C2/C(=O)NC(=O)N(c3ccccc3)C2=O)c1. The van der Waals surface area contributed by atoms with Gasteiger partial charge in [-0.3, -0.25) is 19.7 Å². The number of nitrogens with zero attached hydrogens (tertiary/aromatic N) is 1. The van der Waals surface area contributed by atoms with Crippen LogP contribution in [0.2, 0.25) is 0 Å². The third kappa shape index (κ3) is 4.01. The molecule has 0 bridgehead atoms. The molecule has 1 aliphatic heterocycles. The predicted octanol–water partition coefficient (Wildman–Crippen LogP) is 1.22. The maximum atomic E-state index is 12.7. The van der Waals surface area contributed by atoms with E-state index in [1.54, 1.807) is 54.6 Å². The van der Waals surface area contributed by atoms with Crippen molar-refractivity contribution in [1.82, 2.24) is 5.32 Å². The summed E-state index contributed by atoms with van der Waals surface area (Å²) in [6.07, 6.45) is 1.34. The fourth-order valence-electron chi connectivity index (χ4n) is 2.48. The number of rotatable bonds is 5. The van der Waals surface area contributed by atoms with E-state index >= 15 is 0 Å². The minimum absolute atomic E-state index is 0.203. The number of amides is 5. The van der Waals surface area contributed by atoms with Crippen LogP contribution in [0.4, 0.5) is 10.5 Å². The Labute approximate surface area is 154 Å². The Morgan fingerprint density at radius 3 is 2.52 bits per heavy atom. The minimum atomic E-state index is -0.813. The van der Waals surface area contributed by atoms with Crippen molar-refractivity contribution >= 4 is 35.5 Å². The largest absolute Gasteiger partial charge is 0.484 e. The lowest BCUT2D eigenvalue weighted by molar-refractivity contribution is -0.123. The summed E-state index contributed by atoms with van der Waals surface area (Å²) in [7, 11) is 0. The maximum absolute atomic E-state index is 12.7. The van der Waals surface area contributed by atoms with Crippen LogP contribution >= 0.6 is 0 Å². The van der Waals surface area contributed by atoms with Crippen molar-refractivity contribution in [2.45, 2.75) is 0 Å². The highest BCUT2D eigenvalue weighted by Gasteiger charge is 2.36. The molecule has 1 heterocycles. The Hall–Kier alpha value is -3.94. The van der Waals surface area contributed by atoms with Crippen LogP contribution in [0.1, 0.15) is 5.56 Å². The van der Waals surface area contributed by atoms with Gasteiger partial charge in [0, 0.05) is 0 Å². The molecule has 5 amide bonds. The number of imide groups is 2. The van der Waals surface area contributed by atoms with Crippen LogP contribution in [-0.4, -0.2) is 30.4 Å². The fraction of sp³-hybridized carbons (Fsp3) is 0.0526. The molecule has 0 atom stereocenters. The lowest BCUT2D eigenvalue weighted by Gasteiger charge is -2.26. The molecule has 136 valence electrons. The zero-order valence-corrected chi connectivity index (χ0v) is 14.0. The van der Waals surface area contributed by atoms with Crippen LogP contribution in [0.3, 0.4) is 0 Å². The van der Waals surface area contributed by atoms with Crippen LogP contribution in [-0.2, 0) is 14.4 Å². The van der Waals surface area contributed by atoms with Crippen LogP contribution in [0.5, 0.6) is 5.75 Å². The number of barbiturate groups is 1. The molecular weight excluding hydrogens is 350 g/mol. The number of nitrogens with one attached hydrogen (secondary N) is 1. The van der Waals surface area contributed by atoms with Gasteiger partial charge < -0.3 is 10.5 Å². The lowest BCUT2D eigenvalue weighted by Crippen LogP contribution is -2.54. The van der Waals surface area contributed by atoms with E-state index < -0.39 is 23.8 Å². The summed E-state index contributed by atoms with van der Waals surface area (Å²) in [5.41, 5.74) is 5.66. The molecule has 1 aliphatic rings. The van der Waals surface area contributed by atoms with E-state index in [1.165, 1.54) is 6.08 Å². The minimum Gasteiger partial charge on any atom is -0.484 e. The van der Waals surface area contributed by atoms with E-state index in [0.29, 0.717) is 17.0 Å². The van der Waals surface area contributed by atoms with Gasteiger partial charge in [0.2, 0.25) is 0 Å². The molecule has 2 aromatic rings. The van der Waals surface area contributed by atoms with Crippen LogP contribution in [0.15, 0.2) is 60.2 Å². The highest BCUT2D eigenvalue weighted by Crippen LogP contribution is 2.22. The van der Waals surface area contributed by atoms with E-state index in [1.807, 2.05) is 0 Å². The number of hydrogen-bond donors (Lipinski definition) is 2. The molecule has 8 heteroatoms. The first kappa shape index (κ1) is 17.9. The number of ether oxygens (including phenoxy) is 1. The number of nitrogens with two attached hydrogens (primary N) is 1. The van der Waals surface area contributed by atoms with Gasteiger partial charge in [-0.1, -0.05) is 30.3 Å². The van der Waals surface area contributed by atoms with E-state index in [-0.39, 0.29) is 12.2 Å². The second-order valence-electron chi connectivity index (χ2n) is 5.62. The fourth-order valence-corrected chi connectivity index (χ4v) is 2.48. The lowest BCUT2D eigenvalue weighted by atomic mass is 10.1. The normalized spacial score (nSPS) is 15.6. The molecule has 0 aliphatic carbocycles. The topological polar surface area (TPSA) is 119 Å². The van der Waals surface area contributed by atoms with Crippen molar-refractivity contribution < 1.29 is 23.9 Å². The second-order valence-corrected chi connectivity index (χ2v) is 5.62. The number of hydrogen-bond acceptors (Lipinski definition) is 5. The molecule has 1 fully saturated rings. The number of urea groups is 1. The van der Waals surface area contributed by atoms with Gasteiger partial charge >= 0.3 is 6.03 Å². The van der Waals surface area contributed by atoms with Crippen molar-refractivity contribution in [3.8, 4) is 5.75 Å². The first-order valence-corrected chi connectivity index (χ1v) is 7.93. The van der Waals surface area contributed by atoms with Crippen LogP contribution in [0, 0.1) is 0 Å². The maximum Gasteiger partial charge on any atom is 0.335 e. The molecule has 27 heavy (non-hydrogen) atoms. The number of carbonyl (C=O) groups excluding carboxylic acids is 4. The Morgan fingerprint density at radius 1 is 1.07 bits per heavy atom. The molecule has 0 saturated carbocycles. The van der Waals surface area contributed by atoms with Crippen LogP contribution < -0.4 is 20.7 Å². The molecule has 0 spiro atoms. The first-order chi connectivity index (χ1) is 13.0. The monoisotopic (exact) mass is 365 g/mol. The molecule has 0 unspecified atom stereocenters. The van der Waals surface area contributed by atoms with E-state index in [0.717, 1.165) is 4.90 Å². The van der Waals surface area contributed by atoms with Gasteiger partial charge in [-0.2, -0.15) is 0 Å². The molecule has 0 aromatic heterocycles. The van der Waals surface area contributed by atoms with Gasteiger partial charge in [0.15, 0.2) is 6.61 Å². The molecule has 3 N–H and O–H groups in total. The van der Waals surface area contributed by atoms with Crippen molar-refractivity contribution in [3.05, 3.63) is 65.7 Å². The van der Waals surface area contributed by atoms with Gasteiger partial charge in [-0.15, -0.1) is 0 Å². The number of benzene rings is 2. The van der Waals surface area contributed by atoms with Gasteiger partial charge in [0.1, 0.15) is 11.3 Å². The zero-order valence-electron chi connectivity index (χ0n) is 14.0. The number of carbonyl (C=O) groups is 4. The molecule has 8 nitrogen and oxygen atoms in total. The average Bonchev–Trinajstić information content (AvgIpc) is 2.64. The van der Waals surface area contributed by atoms with Gasteiger partial charge in [-0.25, -0.2) is 9.69 Å². The van der Waals surface area contributed by atoms with Gasteiger partial charge in [0.25, 0.3) is 17.7 Å². The quantitative estimate of drug-likeness (QED) is 0.610. The zero-order chi connectivity index (χ0) is 19.4. The molecule has 0 radical (unpaired) electrons. The summed E-state index contributed by atoms with van der Waals surface area (Å²) in [4.78, 5) is 48.7. The Bertz CT molecular complexity index is 953. The van der Waals surface area contributed by atoms with Crippen molar-refractivity contribution in [2.24, 2.45) is 5.73 Å². The Kier molecular flexibility index (Phi) is 4.98. The van der Waals surface area contributed by atoms with E-state index in [9.17, 15) is 19.2 Å². The second kappa shape index (κ2) is 7.52. The number of para-hydroxylation sites is 1. The smallest absolute Gasteiger partial charge is 0.335 e. The average molecular weight is 365 g/mol. The summed E-state index contributed by atoms with van der Waals surface area (Å²) in [5, 5.41) is 2.15. The van der Waals surface area contributed by atoms with E-state index in [4.69, 9.17) is 10.5 Å². The molecule has 3 rings (SSSR count). The van der Waals surface area contributed by atoms with Crippen molar-refractivity contribution in [3.63, 3.8) is 0 Å². The number of anilines is 1. The van der Waals surface area contributed by atoms with Crippen molar-refractivity contribution in [2.75, 3.05) is 11.5 Å². The third-order valence-electron chi connectivity index (χ3n) is 3.67. The molecular formula is C19H15N3O5. The summed E-state index contributed by atoms with van der Waals surface area (Å²) in [6.45, 7) is -0.296. The summed E-state index contributed by atoms with van der Waals surface area (Å²) in [6, 6.07) is 13.9. The molecule has 2 aromatic carbocycles. The standard InChI is InChI=1S/C19H15N3O5/c20-16(23)11-27-14-8-4-5-12(9-14)10-15-17(24)21-19(26)22(18(15)25)13-6-2-1-3-7-13/h1-10H,11H2,(H2,20,23)(H,21,24,26)/b15-10-. The highest BCUT2D eigenvalue weighted by atomic mass is 16.5. The summed E-state index contributed by atoms with van der Waals surface area (Å²) >= 11 is 0. The number of primary amides is 1. The highest BCUT2D eigenvalue weighted by molar-refractivity contribution is 6.39. The van der Waals surface area contributed by atoms with Crippen molar-refractivity contribution in [1.29, 1.82) is 0 Å². The van der Waals surface area contributed by atoms with E-state index in [2.05, 4.69) is 5.32 Å². The Morgan fingerprint density at radius 2 is 1.81 bits per heavy atom. The predicted molar refractivity (Wildman–Crippen MR) is 96.6 cm³/mol. The third-order valence-corrected chi connectivity index (χ3v) is 3.67. The van der Waals surface area contributed by atoms with Gasteiger partial charge in [-0.05, 0) is 35.9 Å². The first-order valence-electron chi connectivity index (χ1n) is 7.93. The summed E-state index contributed by atoms with van der Waals surface area (Å²) < 4.78 is 5.20.